The molecule has 0 saturated heterocycles. The second kappa shape index (κ2) is 2.52. The predicted octanol–water partition coefficient (Wildman–Crippen LogP) is 1.61. The molecule has 3 heteroatoms. The second-order valence-electron chi connectivity index (χ2n) is 1.27. The fraction of sp³-hybridized carbons (Fsp3) is 0. The summed E-state index contributed by atoms with van der Waals surface area (Å²) in [5, 5.41) is 0. The zero-order valence-corrected chi connectivity index (χ0v) is 4.80. The normalized spacial score (nSPS) is 8.62. The summed E-state index contributed by atoms with van der Waals surface area (Å²) in [7, 11) is 0. The van der Waals surface area contributed by atoms with E-state index in [0.29, 0.717) is 5.75 Å². The Morgan fingerprint density at radius 1 is 1.62 bits per heavy atom. The molecule has 1 aromatic rings. The van der Waals surface area contributed by atoms with Gasteiger partial charge in [-0.25, -0.2) is 0 Å². The SMILES string of the molecule is ClOc1cccnc1. The summed E-state index contributed by atoms with van der Waals surface area (Å²) in [5.41, 5.74) is 0. The quantitative estimate of drug-likeness (QED) is 0.575. The maximum Gasteiger partial charge on any atom is 0.164 e. The van der Waals surface area contributed by atoms with Gasteiger partial charge in [0.25, 0.3) is 0 Å². The highest BCUT2D eigenvalue weighted by Crippen LogP contribution is 2.06. The van der Waals surface area contributed by atoms with E-state index in [2.05, 4.69) is 9.27 Å². The van der Waals surface area contributed by atoms with Gasteiger partial charge in [0.15, 0.2) is 5.75 Å². The van der Waals surface area contributed by atoms with Crippen molar-refractivity contribution in [3.05, 3.63) is 24.5 Å². The lowest BCUT2D eigenvalue weighted by Gasteiger charge is -1.88. The smallest absolute Gasteiger partial charge is 0.164 e. The summed E-state index contributed by atoms with van der Waals surface area (Å²) in [6, 6.07) is 3.47. The van der Waals surface area contributed by atoms with Gasteiger partial charge in [-0.2, -0.15) is 0 Å². The van der Waals surface area contributed by atoms with Gasteiger partial charge in [-0.3, -0.25) is 4.98 Å². The fourth-order valence-corrected chi connectivity index (χ4v) is 0.484. The average Bonchev–Trinajstić information content (AvgIpc) is 1.90. The molecule has 0 radical (unpaired) electrons. The first-order valence-corrected chi connectivity index (χ1v) is 2.43. The average molecular weight is 130 g/mol. The van der Waals surface area contributed by atoms with Crippen LogP contribution in [0, 0.1) is 0 Å². The summed E-state index contributed by atoms with van der Waals surface area (Å²) in [4.78, 5) is 3.75. The molecule has 0 unspecified atom stereocenters. The van der Waals surface area contributed by atoms with Crippen LogP contribution >= 0.6 is 11.9 Å². The summed E-state index contributed by atoms with van der Waals surface area (Å²) >= 11 is 4.99. The van der Waals surface area contributed by atoms with Gasteiger partial charge < -0.3 is 4.29 Å². The van der Waals surface area contributed by atoms with Crippen molar-refractivity contribution in [2.45, 2.75) is 0 Å². The van der Waals surface area contributed by atoms with Crippen LogP contribution in [0.25, 0.3) is 0 Å². The van der Waals surface area contributed by atoms with Crippen LogP contribution in [-0.2, 0) is 0 Å². The van der Waals surface area contributed by atoms with Crippen LogP contribution in [0.3, 0.4) is 0 Å². The molecule has 0 saturated carbocycles. The number of hydrogen-bond acceptors (Lipinski definition) is 2. The lowest BCUT2D eigenvalue weighted by molar-refractivity contribution is 0.615. The van der Waals surface area contributed by atoms with Gasteiger partial charge in [-0.05, 0) is 12.1 Å². The maximum atomic E-state index is 4.99. The van der Waals surface area contributed by atoms with Crippen molar-refractivity contribution >= 4 is 11.9 Å². The molecule has 0 aromatic carbocycles. The minimum absolute atomic E-state index is 0.564. The zero-order chi connectivity index (χ0) is 5.82. The highest BCUT2D eigenvalue weighted by Gasteiger charge is 1.84. The first-order chi connectivity index (χ1) is 3.93. The van der Waals surface area contributed by atoms with E-state index in [-0.39, 0.29) is 0 Å². The van der Waals surface area contributed by atoms with Crippen molar-refractivity contribution in [3.8, 4) is 5.75 Å². The Hall–Kier alpha value is -0.760. The van der Waals surface area contributed by atoms with E-state index in [4.69, 9.17) is 11.9 Å². The third kappa shape index (κ3) is 1.10. The maximum absolute atomic E-state index is 4.99. The Bertz CT molecular complexity index is 154. The molecule has 1 rings (SSSR count). The minimum Gasteiger partial charge on any atom is -0.384 e. The van der Waals surface area contributed by atoms with Crippen LogP contribution in [0.1, 0.15) is 0 Å². The third-order valence-corrected chi connectivity index (χ3v) is 0.902. The van der Waals surface area contributed by atoms with Crippen molar-refractivity contribution < 1.29 is 4.29 Å². The molecule has 0 aliphatic heterocycles. The topological polar surface area (TPSA) is 22.1 Å². The molecular weight excluding hydrogens is 126 g/mol. The van der Waals surface area contributed by atoms with Gasteiger partial charge in [0, 0.05) is 6.20 Å². The first-order valence-electron chi connectivity index (χ1n) is 2.12. The van der Waals surface area contributed by atoms with Crippen molar-refractivity contribution in [2.75, 3.05) is 0 Å². The molecule has 0 spiro atoms. The lowest BCUT2D eigenvalue weighted by Crippen LogP contribution is -1.73. The van der Waals surface area contributed by atoms with Crippen LogP contribution in [-0.4, -0.2) is 4.98 Å². The lowest BCUT2D eigenvalue weighted by atomic mass is 10.5. The molecular formula is C5H4ClNO. The molecule has 0 N–H and O–H groups in total. The molecule has 1 heterocycles. The van der Waals surface area contributed by atoms with E-state index >= 15 is 0 Å². The Kier molecular flexibility index (Phi) is 1.70. The Morgan fingerprint density at radius 2 is 2.50 bits per heavy atom. The molecule has 0 atom stereocenters. The van der Waals surface area contributed by atoms with Crippen molar-refractivity contribution in [3.63, 3.8) is 0 Å². The molecule has 0 amide bonds. The molecule has 0 bridgehead atoms. The number of hydrogen-bond donors (Lipinski definition) is 0. The Labute approximate surface area is 52.2 Å². The van der Waals surface area contributed by atoms with Gasteiger partial charge in [-0.1, -0.05) is 0 Å². The van der Waals surface area contributed by atoms with E-state index in [1.54, 1.807) is 18.3 Å². The van der Waals surface area contributed by atoms with E-state index < -0.39 is 0 Å². The molecule has 8 heavy (non-hydrogen) atoms. The predicted molar refractivity (Wildman–Crippen MR) is 30.7 cm³/mol. The summed E-state index contributed by atoms with van der Waals surface area (Å²) in [6.45, 7) is 0. The molecule has 0 aliphatic carbocycles. The third-order valence-electron chi connectivity index (χ3n) is 0.723. The standard InChI is InChI=1S/C5H4ClNO/c6-8-5-2-1-3-7-4-5/h1-4H. The van der Waals surface area contributed by atoms with E-state index in [9.17, 15) is 0 Å². The van der Waals surface area contributed by atoms with E-state index in [1.165, 1.54) is 6.20 Å². The Balaban J connectivity index is 2.83. The summed E-state index contributed by atoms with van der Waals surface area (Å²) in [6.07, 6.45) is 3.19. The van der Waals surface area contributed by atoms with Gasteiger partial charge in [0.05, 0.1) is 6.20 Å². The number of rotatable bonds is 1. The molecule has 0 fully saturated rings. The van der Waals surface area contributed by atoms with Gasteiger partial charge in [0.2, 0.25) is 0 Å². The molecule has 1 aromatic heterocycles. The van der Waals surface area contributed by atoms with Gasteiger partial charge in [-0.15, -0.1) is 0 Å². The largest absolute Gasteiger partial charge is 0.384 e. The minimum atomic E-state index is 0.564. The second-order valence-corrected chi connectivity index (χ2v) is 1.42. The summed E-state index contributed by atoms with van der Waals surface area (Å²) < 4.78 is 4.32. The van der Waals surface area contributed by atoms with Gasteiger partial charge >= 0.3 is 0 Å². The highest BCUT2D eigenvalue weighted by atomic mass is 35.5. The van der Waals surface area contributed by atoms with E-state index in [0.717, 1.165) is 0 Å². The van der Waals surface area contributed by atoms with Crippen LogP contribution in [0.5, 0.6) is 5.75 Å². The molecule has 42 valence electrons. The van der Waals surface area contributed by atoms with Gasteiger partial charge in [0.1, 0.15) is 11.9 Å². The zero-order valence-electron chi connectivity index (χ0n) is 4.04. The summed E-state index contributed by atoms with van der Waals surface area (Å²) in [5.74, 6) is 0.564. The van der Waals surface area contributed by atoms with Crippen LogP contribution in [0.15, 0.2) is 24.5 Å². The molecule has 2 nitrogen and oxygen atoms in total. The first kappa shape index (κ1) is 5.38. The van der Waals surface area contributed by atoms with Crippen molar-refractivity contribution in [2.24, 2.45) is 0 Å². The number of nitrogens with zero attached hydrogens (tertiary/aromatic N) is 1. The fourth-order valence-electron chi connectivity index (χ4n) is 0.393. The Morgan fingerprint density at radius 3 is 2.88 bits per heavy atom. The number of halogens is 1. The highest BCUT2D eigenvalue weighted by molar-refractivity contribution is 6.09. The molecule has 0 aliphatic rings. The van der Waals surface area contributed by atoms with E-state index in [1.807, 2.05) is 0 Å². The van der Waals surface area contributed by atoms with Crippen LogP contribution < -0.4 is 4.29 Å². The monoisotopic (exact) mass is 129 g/mol. The van der Waals surface area contributed by atoms with Crippen LogP contribution in [0.2, 0.25) is 0 Å². The number of aromatic nitrogens is 1. The van der Waals surface area contributed by atoms with Crippen molar-refractivity contribution in [1.82, 2.24) is 4.98 Å². The van der Waals surface area contributed by atoms with Crippen LogP contribution in [0.4, 0.5) is 0 Å². The number of pyridine rings is 1. The van der Waals surface area contributed by atoms with Crippen molar-refractivity contribution in [1.29, 1.82) is 0 Å².